The van der Waals surface area contributed by atoms with Gasteiger partial charge < -0.3 is 15.3 Å². The highest BCUT2D eigenvalue weighted by molar-refractivity contribution is 6.30. The largest absolute Gasteiger partial charge is 0.388 e. The van der Waals surface area contributed by atoms with Crippen molar-refractivity contribution in [2.45, 2.75) is 31.4 Å². The number of nitrogens with one attached hydrogen (secondary N) is 1. The van der Waals surface area contributed by atoms with Crippen LogP contribution < -0.4 is 5.32 Å². The van der Waals surface area contributed by atoms with Gasteiger partial charge in [0.2, 0.25) is 11.8 Å². The van der Waals surface area contributed by atoms with E-state index >= 15 is 0 Å². The minimum absolute atomic E-state index is 0.00417. The number of halogens is 1. The molecule has 1 aliphatic rings. The Kier molecular flexibility index (Phi) is 5.20. The summed E-state index contributed by atoms with van der Waals surface area (Å²) in [6.45, 7) is 0.515. The van der Waals surface area contributed by atoms with Gasteiger partial charge in [0.15, 0.2) is 0 Å². The molecule has 1 heterocycles. The number of piperidine rings is 1. The normalized spacial score (nSPS) is 20.2. The van der Waals surface area contributed by atoms with Crippen LogP contribution in [0.3, 0.4) is 0 Å². The zero-order valence-corrected chi connectivity index (χ0v) is 12.6. The fourth-order valence-corrected chi connectivity index (χ4v) is 2.52. The van der Waals surface area contributed by atoms with Gasteiger partial charge in [0, 0.05) is 31.1 Å². The van der Waals surface area contributed by atoms with Gasteiger partial charge in [0.25, 0.3) is 0 Å². The van der Waals surface area contributed by atoms with Gasteiger partial charge in [-0.05, 0) is 24.1 Å². The summed E-state index contributed by atoms with van der Waals surface area (Å²) >= 11 is 5.78. The number of hydrogen-bond donors (Lipinski definition) is 2. The number of rotatable bonds is 4. The van der Waals surface area contributed by atoms with E-state index in [1.165, 1.54) is 0 Å². The lowest BCUT2D eigenvalue weighted by atomic mass is 10.0. The molecule has 1 aromatic rings. The predicted molar refractivity (Wildman–Crippen MR) is 79.8 cm³/mol. The molecule has 114 valence electrons. The lowest BCUT2D eigenvalue weighted by molar-refractivity contribution is -0.134. The first-order chi connectivity index (χ1) is 9.95. The van der Waals surface area contributed by atoms with E-state index in [1.54, 1.807) is 36.2 Å². The first kappa shape index (κ1) is 15.8. The summed E-state index contributed by atoms with van der Waals surface area (Å²) in [6.07, 6.45) is 0.230. The predicted octanol–water partition coefficient (Wildman–Crippen LogP) is 1.50. The lowest BCUT2D eigenvalue weighted by Crippen LogP contribution is -2.48. The number of hydrogen-bond acceptors (Lipinski definition) is 3. The minimum atomic E-state index is -0.856. The fourth-order valence-electron chi connectivity index (χ4n) is 2.40. The quantitative estimate of drug-likeness (QED) is 0.885. The van der Waals surface area contributed by atoms with Crippen LogP contribution in [0.25, 0.3) is 0 Å². The molecule has 2 atom stereocenters. The van der Waals surface area contributed by atoms with Crippen molar-refractivity contribution in [3.05, 3.63) is 34.9 Å². The van der Waals surface area contributed by atoms with Crippen molar-refractivity contribution in [3.63, 3.8) is 0 Å². The van der Waals surface area contributed by atoms with Crippen LogP contribution >= 0.6 is 11.6 Å². The Balaban J connectivity index is 1.84. The third-order valence-corrected chi connectivity index (χ3v) is 3.88. The minimum Gasteiger partial charge on any atom is -0.388 e. The zero-order valence-electron chi connectivity index (χ0n) is 11.9. The van der Waals surface area contributed by atoms with Gasteiger partial charge in [-0.15, -0.1) is 0 Å². The van der Waals surface area contributed by atoms with Crippen LogP contribution in [0.4, 0.5) is 0 Å². The van der Waals surface area contributed by atoms with Crippen LogP contribution in [0.15, 0.2) is 24.3 Å². The van der Waals surface area contributed by atoms with Gasteiger partial charge in [-0.3, -0.25) is 9.59 Å². The monoisotopic (exact) mass is 310 g/mol. The number of carbonyl (C=O) groups excluding carboxylic acids is 2. The molecule has 0 spiro atoms. The van der Waals surface area contributed by atoms with E-state index in [4.69, 9.17) is 11.6 Å². The molecule has 2 rings (SSSR count). The molecule has 2 N–H and O–H groups in total. The summed E-state index contributed by atoms with van der Waals surface area (Å²) in [6, 6.07) is 6.72. The smallest absolute Gasteiger partial charge is 0.223 e. The summed E-state index contributed by atoms with van der Waals surface area (Å²) in [5.74, 6) is -0.119. The maximum absolute atomic E-state index is 11.9. The molecule has 0 bridgehead atoms. The third-order valence-electron chi connectivity index (χ3n) is 3.63. The van der Waals surface area contributed by atoms with Crippen molar-refractivity contribution in [3.8, 4) is 0 Å². The van der Waals surface area contributed by atoms with Gasteiger partial charge in [0.1, 0.15) is 0 Å². The molecular weight excluding hydrogens is 292 g/mol. The van der Waals surface area contributed by atoms with Crippen LogP contribution in [0, 0.1) is 0 Å². The molecule has 1 aromatic carbocycles. The molecule has 5 nitrogen and oxygen atoms in total. The summed E-state index contributed by atoms with van der Waals surface area (Å²) in [5, 5.41) is 13.5. The van der Waals surface area contributed by atoms with Crippen molar-refractivity contribution in [2.24, 2.45) is 0 Å². The molecule has 1 fully saturated rings. The van der Waals surface area contributed by atoms with Crippen molar-refractivity contribution in [1.29, 1.82) is 0 Å². The second-order valence-corrected chi connectivity index (χ2v) is 5.79. The first-order valence-corrected chi connectivity index (χ1v) is 7.30. The Labute approximate surface area is 128 Å². The van der Waals surface area contributed by atoms with E-state index in [0.717, 1.165) is 0 Å². The highest BCUT2D eigenvalue weighted by Gasteiger charge is 2.24. The molecule has 0 aromatic heterocycles. The first-order valence-electron chi connectivity index (χ1n) is 6.92. The molecule has 2 unspecified atom stereocenters. The Bertz CT molecular complexity index is 518. The number of aliphatic hydroxyl groups excluding tert-OH is 1. The zero-order chi connectivity index (χ0) is 15.4. The van der Waals surface area contributed by atoms with E-state index in [1.807, 2.05) is 0 Å². The number of amides is 2. The Morgan fingerprint density at radius 1 is 1.48 bits per heavy atom. The van der Waals surface area contributed by atoms with Gasteiger partial charge in [-0.25, -0.2) is 0 Å². The number of likely N-dealkylation sites (N-methyl/N-ethyl adjacent to an activating group) is 1. The second kappa shape index (κ2) is 6.91. The van der Waals surface area contributed by atoms with E-state index in [2.05, 4.69) is 5.32 Å². The van der Waals surface area contributed by atoms with Gasteiger partial charge >= 0.3 is 0 Å². The van der Waals surface area contributed by atoms with Gasteiger partial charge in [-0.2, -0.15) is 0 Å². The van der Waals surface area contributed by atoms with Crippen molar-refractivity contribution in [1.82, 2.24) is 10.2 Å². The van der Waals surface area contributed by atoms with Crippen LogP contribution in [-0.4, -0.2) is 41.5 Å². The third kappa shape index (κ3) is 4.44. The Morgan fingerprint density at radius 3 is 2.76 bits per heavy atom. The van der Waals surface area contributed by atoms with Crippen LogP contribution in [0.5, 0.6) is 0 Å². The molecule has 6 heteroatoms. The summed E-state index contributed by atoms with van der Waals surface area (Å²) < 4.78 is 0. The molecule has 0 saturated carbocycles. The number of nitrogens with zero attached hydrogens (tertiary/aromatic N) is 1. The number of benzene rings is 1. The molecule has 21 heavy (non-hydrogen) atoms. The molecule has 1 saturated heterocycles. The maximum Gasteiger partial charge on any atom is 0.223 e. The number of aliphatic hydroxyl groups is 1. The fraction of sp³-hybridized carbons (Fsp3) is 0.467. The summed E-state index contributed by atoms with van der Waals surface area (Å²) in [7, 11) is 1.73. The van der Waals surface area contributed by atoms with E-state index in [9.17, 15) is 14.7 Å². The summed E-state index contributed by atoms with van der Waals surface area (Å²) in [5.41, 5.74) is 0.658. The average Bonchev–Trinajstić information content (AvgIpc) is 2.43. The van der Waals surface area contributed by atoms with Gasteiger partial charge in [0.05, 0.1) is 12.5 Å². The van der Waals surface area contributed by atoms with Crippen molar-refractivity contribution in [2.75, 3.05) is 13.6 Å². The van der Waals surface area contributed by atoms with Crippen LogP contribution in [0.1, 0.15) is 30.9 Å². The topological polar surface area (TPSA) is 69.6 Å². The SMILES string of the molecule is CN1CC(NC(=O)CC(O)c2ccc(Cl)cc2)CCC1=O. The van der Waals surface area contributed by atoms with E-state index < -0.39 is 6.10 Å². The highest BCUT2D eigenvalue weighted by Crippen LogP contribution is 2.19. The molecular formula is C15H19ClN2O3. The van der Waals surface area contributed by atoms with Crippen molar-refractivity contribution < 1.29 is 14.7 Å². The molecule has 1 aliphatic heterocycles. The Hall–Kier alpha value is -1.59. The van der Waals surface area contributed by atoms with Gasteiger partial charge in [-0.1, -0.05) is 23.7 Å². The summed E-state index contributed by atoms with van der Waals surface area (Å²) in [4.78, 5) is 24.9. The highest BCUT2D eigenvalue weighted by atomic mass is 35.5. The Morgan fingerprint density at radius 2 is 2.14 bits per heavy atom. The van der Waals surface area contributed by atoms with Crippen LogP contribution in [0.2, 0.25) is 5.02 Å². The molecule has 0 aliphatic carbocycles. The maximum atomic E-state index is 11.9. The number of likely N-dealkylation sites (tertiary alicyclic amines) is 1. The standard InChI is InChI=1S/C15H19ClN2O3/c1-18-9-12(6-7-15(18)21)17-14(20)8-13(19)10-2-4-11(16)5-3-10/h2-5,12-13,19H,6-9H2,1H3,(H,17,20). The second-order valence-electron chi connectivity index (χ2n) is 5.35. The van der Waals surface area contributed by atoms with Crippen molar-refractivity contribution >= 4 is 23.4 Å². The molecule has 0 radical (unpaired) electrons. The molecule has 2 amide bonds. The lowest BCUT2D eigenvalue weighted by Gasteiger charge is -2.30. The van der Waals surface area contributed by atoms with E-state index in [0.29, 0.717) is 30.0 Å². The number of carbonyl (C=O) groups is 2. The average molecular weight is 311 g/mol. The van der Waals surface area contributed by atoms with E-state index in [-0.39, 0.29) is 24.3 Å². The van der Waals surface area contributed by atoms with Crippen LogP contribution in [-0.2, 0) is 9.59 Å².